The van der Waals surface area contributed by atoms with E-state index >= 15 is 0 Å². The molecule has 0 saturated heterocycles. The van der Waals surface area contributed by atoms with Gasteiger partial charge in [0, 0.05) is 23.8 Å². The lowest BCUT2D eigenvalue weighted by Crippen LogP contribution is -2.24. The summed E-state index contributed by atoms with van der Waals surface area (Å²) >= 11 is 1.55. The van der Waals surface area contributed by atoms with Crippen molar-refractivity contribution in [1.29, 1.82) is 0 Å². The van der Waals surface area contributed by atoms with E-state index in [9.17, 15) is 4.79 Å². The molecule has 0 saturated carbocycles. The van der Waals surface area contributed by atoms with Gasteiger partial charge in [-0.25, -0.2) is 4.79 Å². The summed E-state index contributed by atoms with van der Waals surface area (Å²) in [7, 11) is 0. The van der Waals surface area contributed by atoms with E-state index in [2.05, 4.69) is 18.8 Å². The van der Waals surface area contributed by atoms with Gasteiger partial charge in [-0.1, -0.05) is 18.8 Å². The Morgan fingerprint density at radius 3 is 2.84 bits per heavy atom. The van der Waals surface area contributed by atoms with Crippen LogP contribution in [0.1, 0.15) is 23.1 Å². The molecule has 0 atom stereocenters. The van der Waals surface area contributed by atoms with E-state index in [1.807, 2.05) is 24.5 Å². The van der Waals surface area contributed by atoms with Crippen molar-refractivity contribution in [3.8, 4) is 11.8 Å². The molecule has 0 bridgehead atoms. The molecule has 0 unspecified atom stereocenters. The molecule has 0 amide bonds. The largest absolute Gasteiger partial charge is 0.384 e. The van der Waals surface area contributed by atoms with Crippen molar-refractivity contribution in [2.75, 3.05) is 6.61 Å². The lowest BCUT2D eigenvalue weighted by molar-refractivity contribution is 0.350. The fourth-order valence-corrected chi connectivity index (χ4v) is 2.69. The van der Waals surface area contributed by atoms with Crippen LogP contribution in [0, 0.1) is 11.8 Å². The second-order valence-corrected chi connectivity index (χ2v) is 5.30. The Kier molecular flexibility index (Phi) is 4.61. The Balaban J connectivity index is 2.13. The minimum Gasteiger partial charge on any atom is -0.384 e. The standard InChI is InChI=1S/C14H16N2O2S/c1-2-7-15-8-9-16(14(15)18)11-13-6-5-12(19-13)4-3-10-17/h5-6,8-9,17H,2,7,10-11H2,1H3. The molecule has 0 aromatic carbocycles. The Morgan fingerprint density at radius 2 is 2.11 bits per heavy atom. The number of aliphatic hydroxyl groups is 1. The molecule has 0 radical (unpaired) electrons. The van der Waals surface area contributed by atoms with Gasteiger partial charge in [0.05, 0.1) is 11.4 Å². The first-order valence-corrected chi connectivity index (χ1v) is 7.00. The van der Waals surface area contributed by atoms with E-state index < -0.39 is 0 Å². The first-order chi connectivity index (χ1) is 9.24. The Bertz CT molecular complexity index is 655. The SMILES string of the molecule is CCCn1ccn(Cc2ccc(C#CCO)s2)c1=O. The van der Waals surface area contributed by atoms with Crippen molar-refractivity contribution >= 4 is 11.3 Å². The second-order valence-electron chi connectivity index (χ2n) is 4.13. The molecule has 4 nitrogen and oxygen atoms in total. The topological polar surface area (TPSA) is 47.2 Å². The van der Waals surface area contributed by atoms with Gasteiger partial charge in [-0.3, -0.25) is 9.13 Å². The van der Waals surface area contributed by atoms with Crippen LogP contribution < -0.4 is 5.69 Å². The summed E-state index contributed by atoms with van der Waals surface area (Å²) in [5, 5.41) is 8.64. The number of aromatic nitrogens is 2. The number of hydrogen-bond donors (Lipinski definition) is 1. The van der Waals surface area contributed by atoms with Crippen LogP contribution in [0.25, 0.3) is 0 Å². The Hall–Kier alpha value is -1.77. The van der Waals surface area contributed by atoms with E-state index in [-0.39, 0.29) is 12.3 Å². The number of aliphatic hydroxyl groups excluding tert-OH is 1. The van der Waals surface area contributed by atoms with Gasteiger partial charge in [-0.2, -0.15) is 0 Å². The predicted octanol–water partition coefficient (Wildman–Crippen LogP) is 1.51. The zero-order valence-corrected chi connectivity index (χ0v) is 11.6. The van der Waals surface area contributed by atoms with Crippen molar-refractivity contribution in [1.82, 2.24) is 9.13 Å². The van der Waals surface area contributed by atoms with Crippen LogP contribution in [0.15, 0.2) is 29.3 Å². The van der Waals surface area contributed by atoms with Gasteiger partial charge in [0.1, 0.15) is 6.61 Å². The molecule has 19 heavy (non-hydrogen) atoms. The maximum absolute atomic E-state index is 12.0. The quantitative estimate of drug-likeness (QED) is 0.861. The van der Waals surface area contributed by atoms with Crippen molar-refractivity contribution < 1.29 is 5.11 Å². The van der Waals surface area contributed by atoms with Crippen LogP contribution in [-0.2, 0) is 13.1 Å². The lowest BCUT2D eigenvalue weighted by atomic mass is 10.4. The molecule has 100 valence electrons. The second kappa shape index (κ2) is 6.41. The minimum atomic E-state index is -0.132. The number of imidazole rings is 1. The summed E-state index contributed by atoms with van der Waals surface area (Å²) in [5.41, 5.74) is 0.0262. The summed E-state index contributed by atoms with van der Waals surface area (Å²) in [6.07, 6.45) is 4.59. The van der Waals surface area contributed by atoms with Gasteiger partial charge < -0.3 is 5.11 Å². The highest BCUT2D eigenvalue weighted by molar-refractivity contribution is 7.12. The van der Waals surface area contributed by atoms with E-state index in [0.717, 1.165) is 22.7 Å². The van der Waals surface area contributed by atoms with Crippen molar-refractivity contribution in [2.24, 2.45) is 0 Å². The predicted molar refractivity (Wildman–Crippen MR) is 76.4 cm³/mol. The molecular formula is C14H16N2O2S. The molecule has 0 aliphatic carbocycles. The third-order valence-electron chi connectivity index (χ3n) is 2.66. The van der Waals surface area contributed by atoms with E-state index in [1.165, 1.54) is 0 Å². The molecule has 2 rings (SSSR count). The third-order valence-corrected chi connectivity index (χ3v) is 3.65. The van der Waals surface area contributed by atoms with Gasteiger partial charge in [0.25, 0.3) is 0 Å². The maximum Gasteiger partial charge on any atom is 0.328 e. The number of thiophene rings is 1. The number of aryl methyl sites for hydroxylation is 1. The fraction of sp³-hybridized carbons (Fsp3) is 0.357. The minimum absolute atomic E-state index is 0.0262. The fourth-order valence-electron chi connectivity index (χ4n) is 1.81. The van der Waals surface area contributed by atoms with E-state index in [0.29, 0.717) is 6.54 Å². The molecule has 1 N–H and O–H groups in total. The molecule has 5 heteroatoms. The van der Waals surface area contributed by atoms with Crippen molar-refractivity contribution in [3.05, 3.63) is 44.8 Å². The molecule has 2 aromatic rings. The maximum atomic E-state index is 12.0. The zero-order chi connectivity index (χ0) is 13.7. The Morgan fingerprint density at radius 1 is 1.32 bits per heavy atom. The highest BCUT2D eigenvalue weighted by Gasteiger charge is 2.05. The number of hydrogen-bond acceptors (Lipinski definition) is 3. The third kappa shape index (κ3) is 3.37. The molecule has 0 aliphatic rings. The van der Waals surface area contributed by atoms with Gasteiger partial charge in [-0.05, 0) is 18.6 Å². The van der Waals surface area contributed by atoms with Crippen molar-refractivity contribution in [3.63, 3.8) is 0 Å². The smallest absolute Gasteiger partial charge is 0.328 e. The van der Waals surface area contributed by atoms with Gasteiger partial charge in [0.15, 0.2) is 0 Å². The Labute approximate surface area is 115 Å². The molecule has 0 aliphatic heterocycles. The first kappa shape index (κ1) is 13.7. The lowest BCUT2D eigenvalue weighted by Gasteiger charge is -1.99. The number of nitrogens with zero attached hydrogens (tertiary/aromatic N) is 2. The van der Waals surface area contributed by atoms with Crippen LogP contribution in [0.3, 0.4) is 0 Å². The van der Waals surface area contributed by atoms with E-state index in [4.69, 9.17) is 5.11 Å². The highest BCUT2D eigenvalue weighted by atomic mass is 32.1. The van der Waals surface area contributed by atoms with Crippen molar-refractivity contribution in [2.45, 2.75) is 26.4 Å². The van der Waals surface area contributed by atoms with Crippen LogP contribution in [-0.4, -0.2) is 20.8 Å². The summed E-state index contributed by atoms with van der Waals surface area (Å²) in [6, 6.07) is 3.88. The summed E-state index contributed by atoms with van der Waals surface area (Å²) in [5.74, 6) is 5.48. The zero-order valence-electron chi connectivity index (χ0n) is 10.8. The summed E-state index contributed by atoms with van der Waals surface area (Å²) < 4.78 is 3.42. The summed E-state index contributed by atoms with van der Waals surface area (Å²) in [4.78, 5) is 14.0. The van der Waals surface area contributed by atoms with Crippen LogP contribution in [0.4, 0.5) is 0 Å². The van der Waals surface area contributed by atoms with Crippen LogP contribution >= 0.6 is 11.3 Å². The highest BCUT2D eigenvalue weighted by Crippen LogP contribution is 2.16. The molecular weight excluding hydrogens is 260 g/mol. The van der Waals surface area contributed by atoms with Gasteiger partial charge in [0.2, 0.25) is 0 Å². The monoisotopic (exact) mass is 276 g/mol. The first-order valence-electron chi connectivity index (χ1n) is 6.18. The van der Waals surface area contributed by atoms with Crippen LogP contribution in [0.5, 0.6) is 0 Å². The molecule has 0 fully saturated rings. The average Bonchev–Trinajstić information content (AvgIpc) is 2.98. The normalized spacial score (nSPS) is 10.2. The van der Waals surface area contributed by atoms with Gasteiger partial charge >= 0.3 is 5.69 Å². The van der Waals surface area contributed by atoms with Crippen LogP contribution in [0.2, 0.25) is 0 Å². The average molecular weight is 276 g/mol. The van der Waals surface area contributed by atoms with Gasteiger partial charge in [-0.15, -0.1) is 11.3 Å². The number of rotatable bonds is 4. The molecule has 2 heterocycles. The summed E-state index contributed by atoms with van der Waals surface area (Å²) in [6.45, 7) is 3.24. The molecule has 0 spiro atoms. The van der Waals surface area contributed by atoms with E-state index in [1.54, 1.807) is 20.5 Å². The molecule has 2 aromatic heterocycles.